The lowest BCUT2D eigenvalue weighted by molar-refractivity contribution is -0.138. The Morgan fingerprint density at radius 2 is 1.80 bits per heavy atom. The van der Waals surface area contributed by atoms with Gasteiger partial charge in [-0.2, -0.15) is 0 Å². The molecule has 0 aromatic carbocycles. The van der Waals surface area contributed by atoms with Crippen molar-refractivity contribution in [2.75, 3.05) is 18.4 Å². The van der Waals surface area contributed by atoms with Gasteiger partial charge in [-0.25, -0.2) is 15.0 Å². The number of carbonyl (C=O) groups excluding carboxylic acids is 1. The molecule has 1 aliphatic heterocycles. The number of pyridine rings is 2. The third-order valence-corrected chi connectivity index (χ3v) is 8.51. The number of aliphatic hydroxyl groups excluding tert-OH is 1. The van der Waals surface area contributed by atoms with Crippen LogP contribution in [0.4, 0.5) is 11.6 Å². The molecule has 0 unspecified atom stereocenters. The van der Waals surface area contributed by atoms with Crippen LogP contribution in [0.5, 0.6) is 0 Å². The van der Waals surface area contributed by atoms with E-state index in [-0.39, 0.29) is 17.9 Å². The molecule has 0 atom stereocenters. The molecule has 4 heterocycles. The van der Waals surface area contributed by atoms with Crippen molar-refractivity contribution in [3.8, 4) is 10.6 Å². The number of aliphatic hydroxyl groups is 1. The molecule has 0 bridgehead atoms. The second-order valence-electron chi connectivity index (χ2n) is 9.82. The van der Waals surface area contributed by atoms with Gasteiger partial charge in [0.2, 0.25) is 5.91 Å². The van der Waals surface area contributed by atoms with E-state index in [0.717, 1.165) is 90.1 Å². The average Bonchev–Trinajstić information content (AvgIpc) is 3.26. The minimum atomic E-state index is -0.225. The van der Waals surface area contributed by atoms with Gasteiger partial charge in [-0.15, -0.1) is 11.3 Å². The van der Waals surface area contributed by atoms with Crippen molar-refractivity contribution in [1.82, 2.24) is 19.9 Å². The Labute approximate surface area is 210 Å². The van der Waals surface area contributed by atoms with Gasteiger partial charge in [0.1, 0.15) is 11.6 Å². The molecule has 3 aromatic heterocycles. The van der Waals surface area contributed by atoms with Gasteiger partial charge in [-0.05, 0) is 82.2 Å². The Morgan fingerprint density at radius 3 is 2.54 bits per heavy atom. The number of piperidine rings is 1. The number of amides is 1. The topological polar surface area (TPSA) is 91.2 Å². The summed E-state index contributed by atoms with van der Waals surface area (Å²) >= 11 is 1.73. The first-order chi connectivity index (χ1) is 17.0. The smallest absolute Gasteiger partial charge is 0.225 e. The van der Waals surface area contributed by atoms with Crippen LogP contribution in [0.25, 0.3) is 10.6 Å². The highest BCUT2D eigenvalue weighted by Gasteiger charge is 2.32. The summed E-state index contributed by atoms with van der Waals surface area (Å²) in [5.74, 6) is 2.29. The maximum Gasteiger partial charge on any atom is 0.225 e. The van der Waals surface area contributed by atoms with Crippen molar-refractivity contribution in [3.63, 3.8) is 0 Å². The lowest BCUT2D eigenvalue weighted by Crippen LogP contribution is -2.42. The zero-order valence-corrected chi connectivity index (χ0v) is 21.2. The van der Waals surface area contributed by atoms with E-state index in [1.54, 1.807) is 17.5 Å². The molecular weight excluding hydrogens is 458 g/mol. The monoisotopic (exact) mass is 491 g/mol. The molecule has 35 heavy (non-hydrogen) atoms. The van der Waals surface area contributed by atoms with Crippen molar-refractivity contribution in [3.05, 3.63) is 52.8 Å². The fourth-order valence-electron chi connectivity index (χ4n) is 5.12. The van der Waals surface area contributed by atoms with Crippen LogP contribution >= 0.6 is 11.3 Å². The van der Waals surface area contributed by atoms with E-state index in [2.05, 4.69) is 17.2 Å². The third-order valence-electron chi connectivity index (χ3n) is 7.17. The Bertz CT molecular complexity index is 1180. The van der Waals surface area contributed by atoms with Gasteiger partial charge in [0.25, 0.3) is 0 Å². The average molecular weight is 492 g/mol. The third kappa shape index (κ3) is 5.54. The predicted octanol–water partition coefficient (Wildman–Crippen LogP) is 5.22. The zero-order chi connectivity index (χ0) is 24.4. The summed E-state index contributed by atoms with van der Waals surface area (Å²) in [6.07, 6.45) is 6.59. The number of aryl methyl sites for hydroxylation is 2. The van der Waals surface area contributed by atoms with E-state index in [1.807, 2.05) is 42.2 Å². The Balaban J connectivity index is 1.24. The first-order valence-corrected chi connectivity index (χ1v) is 13.4. The lowest BCUT2D eigenvalue weighted by Gasteiger charge is -2.35. The van der Waals surface area contributed by atoms with Crippen LogP contribution in [0, 0.1) is 19.8 Å². The highest BCUT2D eigenvalue weighted by molar-refractivity contribution is 7.15. The zero-order valence-electron chi connectivity index (χ0n) is 20.4. The van der Waals surface area contributed by atoms with Crippen molar-refractivity contribution in [1.29, 1.82) is 0 Å². The number of nitrogens with one attached hydrogen (secondary N) is 1. The van der Waals surface area contributed by atoms with Gasteiger partial charge in [-0.1, -0.05) is 6.07 Å². The standard InChI is InChI=1S/C27H33N5O2S/c1-17-10-13-28-24(16-17)31-23-5-3-4-22(30-23)25-18(2)29-26(35-25)19-11-14-32(15-12-19)27(34)20-6-8-21(33)9-7-20/h3-5,10,13,16,19-21,33H,6-9,11-12,14-15H2,1-2H3,(H,28,30,31). The second kappa shape index (κ2) is 10.4. The number of hydrogen-bond donors (Lipinski definition) is 2. The first kappa shape index (κ1) is 23.9. The van der Waals surface area contributed by atoms with Crippen LogP contribution in [0.2, 0.25) is 0 Å². The van der Waals surface area contributed by atoms with E-state index in [9.17, 15) is 9.90 Å². The molecule has 1 amide bonds. The van der Waals surface area contributed by atoms with Crippen LogP contribution in [0.3, 0.4) is 0 Å². The van der Waals surface area contributed by atoms with E-state index < -0.39 is 0 Å². The SMILES string of the molecule is Cc1ccnc(Nc2cccc(-c3sc(C4CCN(C(=O)C5CCC(O)CC5)CC4)nc3C)n2)c1. The molecule has 1 aliphatic carbocycles. The van der Waals surface area contributed by atoms with E-state index >= 15 is 0 Å². The predicted molar refractivity (Wildman–Crippen MR) is 139 cm³/mol. The van der Waals surface area contributed by atoms with Crippen molar-refractivity contribution < 1.29 is 9.90 Å². The summed E-state index contributed by atoms with van der Waals surface area (Å²) < 4.78 is 0. The van der Waals surface area contributed by atoms with Crippen molar-refractivity contribution in [2.45, 2.75) is 64.4 Å². The maximum absolute atomic E-state index is 12.9. The molecular formula is C27H33N5O2S. The Hall–Kier alpha value is -2.84. The summed E-state index contributed by atoms with van der Waals surface area (Å²) in [4.78, 5) is 30.2. The molecule has 1 saturated carbocycles. The van der Waals surface area contributed by atoms with Gasteiger partial charge in [0.05, 0.1) is 27.4 Å². The number of aromatic nitrogens is 3. The maximum atomic E-state index is 12.9. The van der Waals surface area contributed by atoms with Crippen molar-refractivity contribution in [2.24, 2.45) is 5.92 Å². The fraction of sp³-hybridized carbons (Fsp3) is 0.481. The quantitative estimate of drug-likeness (QED) is 0.509. The van der Waals surface area contributed by atoms with Crippen LogP contribution in [-0.4, -0.2) is 50.1 Å². The molecule has 0 spiro atoms. The van der Waals surface area contributed by atoms with E-state index in [4.69, 9.17) is 9.97 Å². The summed E-state index contributed by atoms with van der Waals surface area (Å²) in [5.41, 5.74) is 3.06. The Kier molecular flexibility index (Phi) is 7.11. The number of likely N-dealkylation sites (tertiary alicyclic amines) is 1. The van der Waals surface area contributed by atoms with Crippen LogP contribution in [-0.2, 0) is 4.79 Å². The highest BCUT2D eigenvalue weighted by atomic mass is 32.1. The minimum Gasteiger partial charge on any atom is -0.393 e. The fourth-order valence-corrected chi connectivity index (χ4v) is 6.33. The summed E-state index contributed by atoms with van der Waals surface area (Å²) in [6.45, 7) is 5.67. The number of thiazole rings is 1. The van der Waals surface area contributed by atoms with Gasteiger partial charge < -0.3 is 15.3 Å². The van der Waals surface area contributed by atoms with Crippen molar-refractivity contribution >= 4 is 28.9 Å². The van der Waals surface area contributed by atoms with Crippen LogP contribution < -0.4 is 5.32 Å². The van der Waals surface area contributed by atoms with Crippen LogP contribution in [0.15, 0.2) is 36.5 Å². The van der Waals surface area contributed by atoms with Gasteiger partial charge in [0.15, 0.2) is 0 Å². The van der Waals surface area contributed by atoms with Crippen LogP contribution in [0.1, 0.15) is 60.7 Å². The van der Waals surface area contributed by atoms with Gasteiger partial charge in [0, 0.05) is 31.1 Å². The molecule has 3 aromatic rings. The first-order valence-electron chi connectivity index (χ1n) is 12.6. The second-order valence-corrected chi connectivity index (χ2v) is 10.9. The molecule has 0 radical (unpaired) electrons. The van der Waals surface area contributed by atoms with E-state index in [1.165, 1.54) is 0 Å². The van der Waals surface area contributed by atoms with E-state index in [0.29, 0.717) is 5.92 Å². The number of rotatable bonds is 5. The molecule has 2 aliphatic rings. The lowest BCUT2D eigenvalue weighted by atomic mass is 9.86. The summed E-state index contributed by atoms with van der Waals surface area (Å²) in [6, 6.07) is 9.96. The summed E-state index contributed by atoms with van der Waals surface area (Å²) in [5, 5.41) is 14.2. The number of carbonyl (C=O) groups is 1. The molecule has 2 N–H and O–H groups in total. The molecule has 2 fully saturated rings. The number of hydrogen-bond acceptors (Lipinski definition) is 7. The number of anilines is 2. The highest BCUT2D eigenvalue weighted by Crippen LogP contribution is 2.37. The minimum absolute atomic E-state index is 0.0885. The van der Waals surface area contributed by atoms with Gasteiger partial charge in [-0.3, -0.25) is 4.79 Å². The normalized spacial score (nSPS) is 21.2. The molecule has 184 valence electrons. The summed E-state index contributed by atoms with van der Waals surface area (Å²) in [7, 11) is 0. The molecule has 7 nitrogen and oxygen atoms in total. The number of nitrogens with zero attached hydrogens (tertiary/aromatic N) is 4. The Morgan fingerprint density at radius 1 is 1.03 bits per heavy atom. The molecule has 5 rings (SSSR count). The molecule has 1 saturated heterocycles. The van der Waals surface area contributed by atoms with Gasteiger partial charge >= 0.3 is 0 Å². The molecule has 8 heteroatoms. The largest absolute Gasteiger partial charge is 0.393 e.